The second kappa shape index (κ2) is 14.2. The maximum absolute atomic E-state index is 13.1. The number of nitrogens with zero attached hydrogens (tertiary/aromatic N) is 1. The van der Waals surface area contributed by atoms with Gasteiger partial charge in [0.15, 0.2) is 0 Å². The van der Waals surface area contributed by atoms with Gasteiger partial charge in [-0.3, -0.25) is 4.79 Å². The Balaban J connectivity index is 0.00000432. The number of carbonyl (C=O) groups is 2. The fourth-order valence-corrected chi connectivity index (χ4v) is 4.80. The summed E-state index contributed by atoms with van der Waals surface area (Å²) in [5.74, 6) is 1.26. The Labute approximate surface area is 221 Å². The maximum Gasteiger partial charge on any atom is 1.00 e. The second-order valence-corrected chi connectivity index (χ2v) is 9.48. The van der Waals surface area contributed by atoms with Crippen LogP contribution in [0.3, 0.4) is 0 Å². The Kier molecular flexibility index (Phi) is 11.6. The molecule has 0 heterocycles. The van der Waals surface area contributed by atoms with E-state index in [9.17, 15) is 14.7 Å². The smallest absolute Gasteiger partial charge is 0.548 e. The average molecular weight is 467 g/mol. The second-order valence-electron chi connectivity index (χ2n) is 9.48. The Hall–Kier alpha value is -2.50. The normalized spacial score (nSPS) is 14.6. The molecule has 1 aliphatic rings. The summed E-state index contributed by atoms with van der Waals surface area (Å²) in [4.78, 5) is 26.8. The van der Waals surface area contributed by atoms with E-state index in [1.165, 1.54) is 38.5 Å². The van der Waals surface area contributed by atoms with Gasteiger partial charge < -0.3 is 20.1 Å². The summed E-state index contributed by atoms with van der Waals surface area (Å²) in [7, 11) is 2.14. The van der Waals surface area contributed by atoms with Crippen LogP contribution in [0.25, 0.3) is 11.1 Å². The minimum Gasteiger partial charge on any atom is -0.548 e. The van der Waals surface area contributed by atoms with Crippen molar-refractivity contribution < 1.29 is 33.6 Å². The van der Waals surface area contributed by atoms with Crippen LogP contribution in [-0.2, 0) is 11.3 Å². The molecule has 2 aromatic rings. The summed E-state index contributed by atoms with van der Waals surface area (Å²) in [6, 6.07) is 12.4. The maximum atomic E-state index is 13.1. The summed E-state index contributed by atoms with van der Waals surface area (Å²) in [5, 5.41) is 13.9. The SMILES string of the molecule is C#CC[C@H](NC(=O)c1ccc(CN(C)CCC2CCCCC2)cc1-c1ccccc1C)C(=O)[O-].[Li+]. The number of carboxylic acids is 1. The Morgan fingerprint density at radius 3 is 2.51 bits per heavy atom. The molecule has 2 aromatic carbocycles. The first-order valence-corrected chi connectivity index (χ1v) is 12.2. The van der Waals surface area contributed by atoms with Crippen molar-refractivity contribution >= 4 is 11.9 Å². The van der Waals surface area contributed by atoms with Gasteiger partial charge in [-0.15, -0.1) is 12.3 Å². The molecule has 5 nitrogen and oxygen atoms in total. The monoisotopic (exact) mass is 466 g/mol. The van der Waals surface area contributed by atoms with Gasteiger partial charge in [0.25, 0.3) is 5.91 Å². The molecule has 0 aromatic heterocycles. The van der Waals surface area contributed by atoms with Crippen LogP contribution in [0, 0.1) is 25.2 Å². The van der Waals surface area contributed by atoms with Crippen molar-refractivity contribution in [2.75, 3.05) is 13.6 Å². The summed E-state index contributed by atoms with van der Waals surface area (Å²) in [5.41, 5.74) is 4.31. The molecule has 1 N–H and O–H groups in total. The number of amides is 1. The molecule has 0 radical (unpaired) electrons. The third-order valence-corrected chi connectivity index (χ3v) is 6.77. The van der Waals surface area contributed by atoms with Gasteiger partial charge in [0.1, 0.15) is 0 Å². The van der Waals surface area contributed by atoms with Crippen molar-refractivity contribution in [1.82, 2.24) is 10.2 Å². The van der Waals surface area contributed by atoms with E-state index in [-0.39, 0.29) is 25.3 Å². The Bertz CT molecular complexity index is 1040. The molecule has 6 heteroatoms. The zero-order chi connectivity index (χ0) is 24.5. The van der Waals surface area contributed by atoms with Crippen LogP contribution in [-0.4, -0.2) is 36.4 Å². The van der Waals surface area contributed by atoms with Gasteiger partial charge in [0.2, 0.25) is 0 Å². The quantitative estimate of drug-likeness (QED) is 0.418. The van der Waals surface area contributed by atoms with Gasteiger partial charge in [0.05, 0.1) is 12.0 Å². The van der Waals surface area contributed by atoms with Crippen molar-refractivity contribution in [3.63, 3.8) is 0 Å². The predicted molar refractivity (Wildman–Crippen MR) is 134 cm³/mol. The molecule has 0 saturated heterocycles. The van der Waals surface area contributed by atoms with E-state index < -0.39 is 17.9 Å². The zero-order valence-corrected chi connectivity index (χ0v) is 21.3. The molecular formula is C29H35LiN2O3. The fraction of sp³-hybridized carbons (Fsp3) is 0.448. The number of hydrogen-bond donors (Lipinski definition) is 1. The van der Waals surface area contributed by atoms with Crippen molar-refractivity contribution in [2.45, 2.75) is 64.5 Å². The van der Waals surface area contributed by atoms with Crippen molar-refractivity contribution in [1.29, 1.82) is 0 Å². The van der Waals surface area contributed by atoms with E-state index in [0.29, 0.717) is 5.56 Å². The molecule has 1 fully saturated rings. The summed E-state index contributed by atoms with van der Waals surface area (Å²) in [6.45, 7) is 3.83. The third kappa shape index (κ3) is 8.29. The van der Waals surface area contributed by atoms with Crippen LogP contribution >= 0.6 is 0 Å². The molecule has 0 aliphatic heterocycles. The van der Waals surface area contributed by atoms with Crippen molar-refractivity contribution in [3.05, 3.63) is 59.2 Å². The van der Waals surface area contributed by atoms with Crippen LogP contribution in [0.15, 0.2) is 42.5 Å². The number of hydrogen-bond acceptors (Lipinski definition) is 4. The fourth-order valence-electron chi connectivity index (χ4n) is 4.80. The molecule has 0 bridgehead atoms. The number of aryl methyl sites for hydroxylation is 1. The summed E-state index contributed by atoms with van der Waals surface area (Å²) < 4.78 is 0. The first-order chi connectivity index (χ1) is 16.4. The van der Waals surface area contributed by atoms with Crippen LogP contribution in [0.2, 0.25) is 0 Å². The van der Waals surface area contributed by atoms with E-state index >= 15 is 0 Å². The van der Waals surface area contributed by atoms with E-state index in [1.807, 2.05) is 43.3 Å². The Morgan fingerprint density at radius 1 is 1.14 bits per heavy atom. The van der Waals surface area contributed by atoms with Crippen LogP contribution in [0.4, 0.5) is 0 Å². The van der Waals surface area contributed by atoms with E-state index in [1.54, 1.807) is 6.07 Å². The van der Waals surface area contributed by atoms with Gasteiger partial charge in [-0.05, 0) is 67.2 Å². The first kappa shape index (κ1) is 28.7. The van der Waals surface area contributed by atoms with Gasteiger partial charge in [-0.2, -0.15) is 0 Å². The summed E-state index contributed by atoms with van der Waals surface area (Å²) >= 11 is 0. The molecule has 1 saturated carbocycles. The minimum absolute atomic E-state index is 0. The summed E-state index contributed by atoms with van der Waals surface area (Å²) in [6.07, 6.45) is 13.2. The molecule has 3 rings (SSSR count). The van der Waals surface area contributed by atoms with Gasteiger partial charge in [-0.25, -0.2) is 0 Å². The average Bonchev–Trinajstić information content (AvgIpc) is 2.83. The molecule has 1 atom stereocenters. The number of nitrogens with one attached hydrogen (secondary N) is 1. The number of rotatable bonds is 10. The number of terminal acetylenes is 1. The molecule has 0 unspecified atom stereocenters. The van der Waals surface area contributed by atoms with Crippen LogP contribution in [0.1, 0.15) is 66.4 Å². The molecule has 0 spiro atoms. The standard InChI is InChI=1S/C29H36N2O3.Li/c1-4-10-27(29(33)34)30-28(32)25-16-15-23(19-26(25)24-14-9-8-11-21(24)2)20-31(3)18-17-22-12-6-5-7-13-22;/h1,8-9,11,14-16,19,22,27H,5-7,10,12-13,17-18,20H2,2-3H3,(H,30,32)(H,33,34);/q;+1/p-1/t27-;/m0./s1. The minimum atomic E-state index is -1.39. The number of carbonyl (C=O) groups excluding carboxylic acids is 2. The zero-order valence-electron chi connectivity index (χ0n) is 21.3. The van der Waals surface area contributed by atoms with Gasteiger partial charge >= 0.3 is 18.9 Å². The third-order valence-electron chi connectivity index (χ3n) is 6.77. The molecule has 180 valence electrons. The largest absolute Gasteiger partial charge is 1.00 e. The number of carboxylic acid groups (broad SMARTS) is 1. The van der Waals surface area contributed by atoms with E-state index in [0.717, 1.165) is 41.3 Å². The van der Waals surface area contributed by atoms with Gasteiger partial charge in [-0.1, -0.05) is 62.4 Å². The van der Waals surface area contributed by atoms with Crippen molar-refractivity contribution in [2.24, 2.45) is 5.92 Å². The topological polar surface area (TPSA) is 72.5 Å². The number of aliphatic carboxylic acids is 1. The molecule has 1 aliphatic carbocycles. The predicted octanol–water partition coefficient (Wildman–Crippen LogP) is 0.940. The van der Waals surface area contributed by atoms with Crippen molar-refractivity contribution in [3.8, 4) is 23.5 Å². The van der Waals surface area contributed by atoms with E-state index in [4.69, 9.17) is 6.42 Å². The molecule has 35 heavy (non-hydrogen) atoms. The van der Waals surface area contributed by atoms with Crippen LogP contribution in [0.5, 0.6) is 0 Å². The first-order valence-electron chi connectivity index (χ1n) is 12.2. The Morgan fingerprint density at radius 2 is 1.86 bits per heavy atom. The number of benzene rings is 2. The van der Waals surface area contributed by atoms with Gasteiger partial charge in [0, 0.05) is 18.5 Å². The van der Waals surface area contributed by atoms with Crippen LogP contribution < -0.4 is 29.3 Å². The molecular weight excluding hydrogens is 431 g/mol. The molecule has 1 amide bonds. The van der Waals surface area contributed by atoms with E-state index in [2.05, 4.69) is 23.2 Å².